The fourth-order valence-corrected chi connectivity index (χ4v) is 5.74. The highest BCUT2D eigenvalue weighted by molar-refractivity contribution is 6.30. The van der Waals surface area contributed by atoms with Crippen LogP contribution in [0.25, 0.3) is 16.3 Å². The summed E-state index contributed by atoms with van der Waals surface area (Å²) in [6.45, 7) is 5.00. The molecule has 0 bridgehead atoms. The molecule has 5 heteroatoms. The molecule has 0 fully saturated rings. The van der Waals surface area contributed by atoms with Gasteiger partial charge in [0.25, 0.3) is 0 Å². The van der Waals surface area contributed by atoms with Crippen molar-refractivity contribution in [3.63, 3.8) is 0 Å². The van der Waals surface area contributed by atoms with E-state index >= 15 is 0 Å². The van der Waals surface area contributed by atoms with Gasteiger partial charge in [-0.05, 0) is 46.4 Å². The van der Waals surface area contributed by atoms with Gasteiger partial charge in [0.2, 0.25) is 0 Å². The number of anilines is 1. The summed E-state index contributed by atoms with van der Waals surface area (Å²) in [4.78, 5) is 13.6. The number of rotatable bonds is 1. The molecule has 0 spiro atoms. The van der Waals surface area contributed by atoms with Gasteiger partial charge in [0.15, 0.2) is 12.6 Å². The summed E-state index contributed by atoms with van der Waals surface area (Å²) < 4.78 is 11.4. The smallest absolute Gasteiger partial charge is 0.189 e. The summed E-state index contributed by atoms with van der Waals surface area (Å²) >= 11 is 6.50. The van der Waals surface area contributed by atoms with Crippen LogP contribution in [0.5, 0.6) is 5.75 Å². The topological polar surface area (TPSA) is 47.6 Å². The molecule has 0 radical (unpaired) electrons. The first-order valence-electron chi connectivity index (χ1n) is 11.0. The average Bonchev–Trinajstić information content (AvgIpc) is 2.76. The molecule has 2 aliphatic heterocycles. The van der Waals surface area contributed by atoms with Crippen molar-refractivity contribution in [3.8, 4) is 5.75 Å². The summed E-state index contributed by atoms with van der Waals surface area (Å²) in [7, 11) is 0. The Labute approximate surface area is 192 Å². The van der Waals surface area contributed by atoms with E-state index in [1.54, 1.807) is 0 Å². The Morgan fingerprint density at radius 2 is 1.94 bits per heavy atom. The summed E-state index contributed by atoms with van der Waals surface area (Å²) in [5.41, 5.74) is 5.89. The molecule has 1 atom stereocenters. The zero-order valence-electron chi connectivity index (χ0n) is 18.1. The lowest BCUT2D eigenvalue weighted by atomic mass is 9.67. The van der Waals surface area contributed by atoms with Gasteiger partial charge in [-0.25, -0.2) is 0 Å². The number of hydrogen-bond donors (Lipinski definition) is 1. The number of ether oxygens (including phenoxy) is 2. The SMILES string of the molecule is CC1(C)CC(=O)C2=C(C1)c1c(ccc3ccccc13)N[C@@H]2c1cc(Cl)cc2c1OCOC2. The first kappa shape index (κ1) is 19.8. The second-order valence-corrected chi connectivity index (χ2v) is 10.2. The third-order valence-electron chi connectivity index (χ3n) is 6.75. The molecule has 32 heavy (non-hydrogen) atoms. The summed E-state index contributed by atoms with van der Waals surface area (Å²) in [5.74, 6) is 0.958. The van der Waals surface area contributed by atoms with Crippen molar-refractivity contribution in [1.82, 2.24) is 0 Å². The van der Waals surface area contributed by atoms with Crippen LogP contribution in [-0.4, -0.2) is 12.6 Å². The molecular weight excluding hydrogens is 422 g/mol. The second-order valence-electron chi connectivity index (χ2n) is 9.71. The Kier molecular flexibility index (Phi) is 4.40. The lowest BCUT2D eigenvalue weighted by molar-refractivity contribution is -0.118. The molecule has 2 heterocycles. The van der Waals surface area contributed by atoms with Crippen molar-refractivity contribution >= 4 is 39.4 Å². The molecule has 162 valence electrons. The lowest BCUT2D eigenvalue weighted by Crippen LogP contribution is -2.33. The average molecular weight is 446 g/mol. The third kappa shape index (κ3) is 3.05. The monoisotopic (exact) mass is 445 g/mol. The Bertz CT molecular complexity index is 1320. The van der Waals surface area contributed by atoms with E-state index in [-0.39, 0.29) is 24.0 Å². The Morgan fingerprint density at radius 3 is 2.81 bits per heavy atom. The number of hydrogen-bond acceptors (Lipinski definition) is 4. The number of fused-ring (bicyclic) bond motifs is 5. The van der Waals surface area contributed by atoms with Crippen LogP contribution in [0.3, 0.4) is 0 Å². The van der Waals surface area contributed by atoms with E-state index in [0.29, 0.717) is 18.1 Å². The first-order chi connectivity index (χ1) is 15.4. The summed E-state index contributed by atoms with van der Waals surface area (Å²) in [6.07, 6.45) is 1.37. The molecule has 1 aliphatic carbocycles. The Morgan fingerprint density at radius 1 is 1.09 bits per heavy atom. The number of nitrogens with one attached hydrogen (secondary N) is 1. The molecule has 0 unspecified atom stereocenters. The number of Topliss-reactive ketones (excluding diaryl/α,β-unsaturated/α-hetero) is 1. The van der Waals surface area contributed by atoms with Gasteiger partial charge in [0.05, 0.1) is 12.6 Å². The third-order valence-corrected chi connectivity index (χ3v) is 6.97. The maximum absolute atomic E-state index is 13.6. The van der Waals surface area contributed by atoms with Crippen LogP contribution >= 0.6 is 11.6 Å². The molecule has 3 aliphatic rings. The minimum atomic E-state index is -0.312. The lowest BCUT2D eigenvalue weighted by Gasteiger charge is -2.40. The predicted molar refractivity (Wildman–Crippen MR) is 127 cm³/mol. The molecule has 4 nitrogen and oxygen atoms in total. The van der Waals surface area contributed by atoms with Crippen LogP contribution in [0.15, 0.2) is 54.1 Å². The molecule has 0 saturated carbocycles. The van der Waals surface area contributed by atoms with E-state index in [0.717, 1.165) is 45.7 Å². The molecule has 0 saturated heterocycles. The van der Waals surface area contributed by atoms with Crippen molar-refractivity contribution in [2.45, 2.75) is 39.3 Å². The van der Waals surface area contributed by atoms with Crippen LogP contribution in [0.4, 0.5) is 5.69 Å². The van der Waals surface area contributed by atoms with Crippen molar-refractivity contribution in [1.29, 1.82) is 0 Å². The summed E-state index contributed by atoms with van der Waals surface area (Å²) in [5, 5.41) is 6.65. The molecule has 3 aromatic carbocycles. The zero-order chi connectivity index (χ0) is 22.0. The van der Waals surface area contributed by atoms with Gasteiger partial charge in [-0.1, -0.05) is 55.8 Å². The van der Waals surface area contributed by atoms with Gasteiger partial charge in [0, 0.05) is 39.4 Å². The quantitative estimate of drug-likeness (QED) is 0.454. The maximum Gasteiger partial charge on any atom is 0.189 e. The van der Waals surface area contributed by atoms with Crippen LogP contribution in [0.1, 0.15) is 49.4 Å². The highest BCUT2D eigenvalue weighted by Gasteiger charge is 2.42. The fraction of sp³-hybridized carbons (Fsp3) is 0.296. The van der Waals surface area contributed by atoms with Crippen molar-refractivity contribution in [2.24, 2.45) is 5.41 Å². The van der Waals surface area contributed by atoms with Crippen LogP contribution in [0, 0.1) is 5.41 Å². The highest BCUT2D eigenvalue weighted by Crippen LogP contribution is 2.53. The Balaban J connectivity index is 1.64. The van der Waals surface area contributed by atoms with E-state index in [1.165, 1.54) is 10.8 Å². The standard InChI is InChI=1S/C27H24ClNO3/c1-27(2)11-20-23-18-6-4-3-5-15(18)7-8-21(23)29-25(24(20)22(30)12-27)19-10-17(28)9-16-13-31-14-32-26(16)19/h3-10,25,29H,11-14H2,1-2H3/t25-/m1/s1. The molecular formula is C27H24ClNO3. The van der Waals surface area contributed by atoms with Crippen LogP contribution < -0.4 is 10.1 Å². The minimum Gasteiger partial charge on any atom is -0.467 e. The van der Waals surface area contributed by atoms with E-state index in [2.05, 4.69) is 55.6 Å². The number of benzene rings is 3. The first-order valence-corrected chi connectivity index (χ1v) is 11.4. The van der Waals surface area contributed by atoms with Crippen LogP contribution in [-0.2, 0) is 16.1 Å². The largest absolute Gasteiger partial charge is 0.467 e. The van der Waals surface area contributed by atoms with Gasteiger partial charge in [-0.15, -0.1) is 0 Å². The zero-order valence-corrected chi connectivity index (χ0v) is 18.9. The van der Waals surface area contributed by atoms with Crippen LogP contribution in [0.2, 0.25) is 5.02 Å². The Hall–Kier alpha value is -2.82. The molecule has 3 aromatic rings. The van der Waals surface area contributed by atoms with E-state index in [9.17, 15) is 4.79 Å². The van der Waals surface area contributed by atoms with E-state index < -0.39 is 0 Å². The molecule has 0 aromatic heterocycles. The van der Waals surface area contributed by atoms with Crippen molar-refractivity contribution in [2.75, 3.05) is 12.1 Å². The molecule has 1 N–H and O–H groups in total. The number of allylic oxidation sites excluding steroid dienone is 1. The van der Waals surface area contributed by atoms with Gasteiger partial charge >= 0.3 is 0 Å². The predicted octanol–water partition coefficient (Wildman–Crippen LogP) is 6.67. The number of carbonyl (C=O) groups is 1. The number of halogens is 1. The maximum atomic E-state index is 13.6. The van der Waals surface area contributed by atoms with Gasteiger partial charge in [-0.2, -0.15) is 0 Å². The van der Waals surface area contributed by atoms with Crippen molar-refractivity contribution in [3.05, 3.63) is 75.8 Å². The van der Waals surface area contributed by atoms with E-state index in [4.69, 9.17) is 21.1 Å². The van der Waals surface area contributed by atoms with Gasteiger partial charge in [-0.3, -0.25) is 4.79 Å². The second kappa shape index (κ2) is 7.09. The van der Waals surface area contributed by atoms with Gasteiger partial charge < -0.3 is 14.8 Å². The number of carbonyl (C=O) groups excluding carboxylic acids is 1. The van der Waals surface area contributed by atoms with Crippen molar-refractivity contribution < 1.29 is 14.3 Å². The summed E-state index contributed by atoms with van der Waals surface area (Å²) in [6, 6.07) is 16.1. The molecule has 0 amide bonds. The van der Waals surface area contributed by atoms with E-state index in [1.807, 2.05) is 12.1 Å². The highest BCUT2D eigenvalue weighted by atomic mass is 35.5. The molecule has 6 rings (SSSR count). The fourth-order valence-electron chi connectivity index (χ4n) is 5.49. The normalized spacial score (nSPS) is 21.3. The number of ketones is 1. The van der Waals surface area contributed by atoms with Gasteiger partial charge in [0.1, 0.15) is 5.75 Å². The minimum absolute atomic E-state index is 0.0931.